The van der Waals surface area contributed by atoms with Crippen molar-refractivity contribution >= 4 is 11.7 Å². The number of nitrogens with zero attached hydrogens (tertiary/aromatic N) is 1. The molecule has 0 aromatic carbocycles. The first kappa shape index (κ1) is 17.4. The number of anilines is 1. The van der Waals surface area contributed by atoms with E-state index in [1.807, 2.05) is 34.6 Å². The van der Waals surface area contributed by atoms with Gasteiger partial charge in [-0.05, 0) is 38.8 Å². The predicted molar refractivity (Wildman–Crippen MR) is 84.2 cm³/mol. The highest BCUT2D eigenvalue weighted by molar-refractivity contribution is 5.95. The first-order valence-electron chi connectivity index (χ1n) is 7.20. The van der Waals surface area contributed by atoms with E-state index in [4.69, 9.17) is 10.6 Å². The van der Waals surface area contributed by atoms with Gasteiger partial charge in [0, 0.05) is 24.4 Å². The van der Waals surface area contributed by atoms with Gasteiger partial charge in [-0.1, -0.05) is 13.8 Å². The van der Waals surface area contributed by atoms with Gasteiger partial charge in [0.1, 0.15) is 5.82 Å². The SMILES string of the molecule is CCOC(C)(C)CNC(=O)c1cc(NN)nc(C(C)C)c1. The van der Waals surface area contributed by atoms with Gasteiger partial charge in [-0.2, -0.15) is 0 Å². The minimum Gasteiger partial charge on any atom is -0.374 e. The van der Waals surface area contributed by atoms with Crippen LogP contribution in [0.1, 0.15) is 56.6 Å². The number of hydrazine groups is 1. The van der Waals surface area contributed by atoms with E-state index in [-0.39, 0.29) is 11.8 Å². The third-order valence-electron chi connectivity index (χ3n) is 3.06. The zero-order chi connectivity index (χ0) is 16.0. The Morgan fingerprint density at radius 3 is 2.62 bits per heavy atom. The Labute approximate surface area is 126 Å². The van der Waals surface area contributed by atoms with E-state index in [1.165, 1.54) is 0 Å². The van der Waals surface area contributed by atoms with Crippen LogP contribution in [0.15, 0.2) is 12.1 Å². The third kappa shape index (κ3) is 5.32. The van der Waals surface area contributed by atoms with Crippen molar-refractivity contribution in [1.29, 1.82) is 0 Å². The fourth-order valence-electron chi connectivity index (χ4n) is 1.89. The van der Waals surface area contributed by atoms with Crippen molar-refractivity contribution in [3.05, 3.63) is 23.4 Å². The molecule has 1 amide bonds. The van der Waals surface area contributed by atoms with Crippen LogP contribution in [0, 0.1) is 0 Å². The average molecular weight is 294 g/mol. The molecule has 1 heterocycles. The number of hydrogen-bond donors (Lipinski definition) is 3. The zero-order valence-electron chi connectivity index (χ0n) is 13.5. The summed E-state index contributed by atoms with van der Waals surface area (Å²) in [5, 5.41) is 2.88. The van der Waals surface area contributed by atoms with Crippen LogP contribution in [-0.2, 0) is 4.74 Å². The molecule has 0 saturated heterocycles. The normalized spacial score (nSPS) is 11.6. The van der Waals surface area contributed by atoms with Crippen LogP contribution in [-0.4, -0.2) is 29.6 Å². The number of nitrogens with one attached hydrogen (secondary N) is 2. The van der Waals surface area contributed by atoms with Crippen molar-refractivity contribution in [2.45, 2.75) is 46.1 Å². The molecule has 1 aromatic rings. The standard InChI is InChI=1S/C15H26N4O2/c1-6-21-15(4,5)9-17-14(20)11-7-12(10(2)3)18-13(8-11)19-16/h7-8,10H,6,9,16H2,1-5H3,(H,17,20)(H,18,19). The minimum absolute atomic E-state index is 0.163. The largest absolute Gasteiger partial charge is 0.374 e. The van der Waals surface area contributed by atoms with Crippen LogP contribution in [0.4, 0.5) is 5.82 Å². The number of aromatic nitrogens is 1. The summed E-state index contributed by atoms with van der Waals surface area (Å²) in [6, 6.07) is 3.42. The van der Waals surface area contributed by atoms with Crippen LogP contribution in [0.3, 0.4) is 0 Å². The van der Waals surface area contributed by atoms with Crippen LogP contribution < -0.4 is 16.6 Å². The average Bonchev–Trinajstić information content (AvgIpc) is 2.44. The molecule has 0 atom stereocenters. The molecule has 21 heavy (non-hydrogen) atoms. The lowest BCUT2D eigenvalue weighted by molar-refractivity contribution is -0.00815. The van der Waals surface area contributed by atoms with Crippen LogP contribution in [0.5, 0.6) is 0 Å². The van der Waals surface area contributed by atoms with Crippen LogP contribution in [0.2, 0.25) is 0 Å². The molecule has 0 fully saturated rings. The first-order chi connectivity index (χ1) is 9.79. The number of carbonyl (C=O) groups excluding carboxylic acids is 1. The highest BCUT2D eigenvalue weighted by atomic mass is 16.5. The van der Waals surface area contributed by atoms with Gasteiger partial charge in [0.2, 0.25) is 0 Å². The lowest BCUT2D eigenvalue weighted by atomic mass is 10.1. The number of nitrogen functional groups attached to an aromatic ring is 1. The minimum atomic E-state index is -0.396. The Morgan fingerprint density at radius 1 is 1.43 bits per heavy atom. The van der Waals surface area contributed by atoms with Gasteiger partial charge in [-0.15, -0.1) is 0 Å². The molecule has 0 aliphatic heterocycles. The summed E-state index contributed by atoms with van der Waals surface area (Å²) < 4.78 is 5.56. The molecule has 0 unspecified atom stereocenters. The molecule has 1 rings (SSSR count). The summed E-state index contributed by atoms with van der Waals surface area (Å²) in [4.78, 5) is 16.6. The van der Waals surface area contributed by atoms with Gasteiger partial charge in [-0.25, -0.2) is 10.8 Å². The van der Waals surface area contributed by atoms with Crippen molar-refractivity contribution < 1.29 is 9.53 Å². The quantitative estimate of drug-likeness (QED) is 0.529. The molecular weight excluding hydrogens is 268 g/mol. The van der Waals surface area contributed by atoms with Crippen molar-refractivity contribution in [2.75, 3.05) is 18.6 Å². The summed E-state index contributed by atoms with van der Waals surface area (Å²) in [5.41, 5.74) is 3.45. The van der Waals surface area contributed by atoms with E-state index < -0.39 is 5.60 Å². The summed E-state index contributed by atoms with van der Waals surface area (Å²) in [6.07, 6.45) is 0. The Bertz CT molecular complexity index is 487. The molecule has 0 radical (unpaired) electrons. The van der Waals surface area contributed by atoms with E-state index in [0.29, 0.717) is 24.5 Å². The van der Waals surface area contributed by atoms with Gasteiger partial charge in [0.15, 0.2) is 0 Å². The molecular formula is C15H26N4O2. The fourth-order valence-corrected chi connectivity index (χ4v) is 1.89. The molecule has 6 heteroatoms. The number of hydrogen-bond acceptors (Lipinski definition) is 5. The first-order valence-corrected chi connectivity index (χ1v) is 7.20. The number of pyridine rings is 1. The Kier molecular flexibility index (Phi) is 6.11. The van der Waals surface area contributed by atoms with Crippen LogP contribution >= 0.6 is 0 Å². The topological polar surface area (TPSA) is 89.3 Å². The summed E-state index contributed by atoms with van der Waals surface area (Å²) in [5.74, 6) is 5.94. The van der Waals surface area contributed by atoms with Gasteiger partial charge < -0.3 is 15.5 Å². The van der Waals surface area contributed by atoms with Crippen LogP contribution in [0.25, 0.3) is 0 Å². The maximum absolute atomic E-state index is 12.3. The highest BCUT2D eigenvalue weighted by Crippen LogP contribution is 2.17. The second-order valence-corrected chi connectivity index (χ2v) is 5.84. The van der Waals surface area contributed by atoms with Gasteiger partial charge in [-0.3, -0.25) is 4.79 Å². The van der Waals surface area contributed by atoms with E-state index >= 15 is 0 Å². The maximum Gasteiger partial charge on any atom is 0.251 e. The lowest BCUT2D eigenvalue weighted by Gasteiger charge is -2.25. The van der Waals surface area contributed by atoms with E-state index in [9.17, 15) is 4.79 Å². The van der Waals surface area contributed by atoms with E-state index in [2.05, 4.69) is 15.7 Å². The summed E-state index contributed by atoms with van der Waals surface area (Å²) in [7, 11) is 0. The Balaban J connectivity index is 2.84. The molecule has 6 nitrogen and oxygen atoms in total. The molecule has 0 spiro atoms. The number of carbonyl (C=O) groups is 1. The fraction of sp³-hybridized carbons (Fsp3) is 0.600. The second kappa shape index (κ2) is 7.38. The number of rotatable bonds is 7. The monoisotopic (exact) mass is 294 g/mol. The molecule has 4 N–H and O–H groups in total. The van der Waals surface area contributed by atoms with Gasteiger partial charge in [0.25, 0.3) is 5.91 Å². The molecule has 0 bridgehead atoms. The lowest BCUT2D eigenvalue weighted by Crippen LogP contribution is -2.40. The predicted octanol–water partition coefficient (Wildman–Crippen LogP) is 2.04. The summed E-state index contributed by atoms with van der Waals surface area (Å²) >= 11 is 0. The number of ether oxygens (including phenoxy) is 1. The smallest absolute Gasteiger partial charge is 0.251 e. The van der Waals surface area contributed by atoms with Crippen molar-refractivity contribution in [3.63, 3.8) is 0 Å². The number of amides is 1. The van der Waals surface area contributed by atoms with Gasteiger partial charge in [0.05, 0.1) is 5.60 Å². The van der Waals surface area contributed by atoms with Gasteiger partial charge >= 0.3 is 0 Å². The zero-order valence-corrected chi connectivity index (χ0v) is 13.5. The molecule has 0 aliphatic rings. The highest BCUT2D eigenvalue weighted by Gasteiger charge is 2.19. The third-order valence-corrected chi connectivity index (χ3v) is 3.06. The molecule has 1 aromatic heterocycles. The summed E-state index contributed by atoms with van der Waals surface area (Å²) in [6.45, 7) is 10.9. The van der Waals surface area contributed by atoms with E-state index in [0.717, 1.165) is 5.69 Å². The second-order valence-electron chi connectivity index (χ2n) is 5.84. The molecule has 0 saturated carbocycles. The number of nitrogens with two attached hydrogens (primary N) is 1. The van der Waals surface area contributed by atoms with Crippen molar-refractivity contribution in [3.8, 4) is 0 Å². The maximum atomic E-state index is 12.3. The van der Waals surface area contributed by atoms with Crippen molar-refractivity contribution in [2.24, 2.45) is 5.84 Å². The Morgan fingerprint density at radius 2 is 2.10 bits per heavy atom. The Hall–Kier alpha value is -1.66. The van der Waals surface area contributed by atoms with Crippen molar-refractivity contribution in [1.82, 2.24) is 10.3 Å². The molecule has 0 aliphatic carbocycles. The molecule has 118 valence electrons. The van der Waals surface area contributed by atoms with E-state index in [1.54, 1.807) is 12.1 Å².